The number of imidazole rings is 1. The molecular weight excluding hydrogens is 280 g/mol. The van der Waals surface area contributed by atoms with Crippen LogP contribution < -0.4 is 10.2 Å². The number of carbonyl (C=O) groups is 1. The average molecular weight is 296 g/mol. The van der Waals surface area contributed by atoms with Crippen molar-refractivity contribution in [2.45, 2.75) is 0 Å². The van der Waals surface area contributed by atoms with E-state index < -0.39 is 0 Å². The molecule has 7 heteroatoms. The number of urea groups is 1. The highest BCUT2D eigenvalue weighted by atomic mass is 16.2. The van der Waals surface area contributed by atoms with Gasteiger partial charge in [0.15, 0.2) is 0 Å². The molecule has 0 spiro atoms. The number of aromatic nitrogens is 2. The maximum absolute atomic E-state index is 12.3. The minimum atomic E-state index is -0.144. The summed E-state index contributed by atoms with van der Waals surface area (Å²) in [6.45, 7) is 2.73. The number of nitrogens with zero attached hydrogens (tertiary/aromatic N) is 4. The molecule has 1 aromatic carbocycles. The third-order valence-corrected chi connectivity index (χ3v) is 3.59. The summed E-state index contributed by atoms with van der Waals surface area (Å²) in [7, 11) is 0. The number of amides is 2. The lowest BCUT2D eigenvalue weighted by atomic mass is 10.2. The molecule has 0 saturated carbocycles. The Bertz CT molecular complexity index is 682. The predicted octanol–water partition coefficient (Wildman–Crippen LogP) is 1.64. The summed E-state index contributed by atoms with van der Waals surface area (Å²) in [5, 5.41) is 11.7. The van der Waals surface area contributed by atoms with Crippen molar-refractivity contribution in [2.75, 3.05) is 36.4 Å². The molecule has 3 rings (SSSR count). The fourth-order valence-corrected chi connectivity index (χ4v) is 2.42. The molecule has 112 valence electrons. The van der Waals surface area contributed by atoms with E-state index in [0.717, 1.165) is 19.0 Å². The number of hydrogen-bond donors (Lipinski definition) is 2. The van der Waals surface area contributed by atoms with Gasteiger partial charge in [-0.3, -0.25) is 0 Å². The van der Waals surface area contributed by atoms with Crippen LogP contribution >= 0.6 is 0 Å². The summed E-state index contributed by atoms with van der Waals surface area (Å²) in [6, 6.07) is 8.81. The van der Waals surface area contributed by atoms with Crippen molar-refractivity contribution in [2.24, 2.45) is 0 Å². The second kappa shape index (κ2) is 6.18. The highest BCUT2D eigenvalue weighted by Gasteiger charge is 2.22. The first-order valence-corrected chi connectivity index (χ1v) is 7.07. The monoisotopic (exact) mass is 296 g/mol. The van der Waals surface area contributed by atoms with Crippen molar-refractivity contribution in [3.8, 4) is 6.07 Å². The number of nitrogens with one attached hydrogen (secondary N) is 2. The Morgan fingerprint density at radius 1 is 1.32 bits per heavy atom. The molecule has 1 saturated heterocycles. The molecule has 1 aromatic heterocycles. The van der Waals surface area contributed by atoms with Crippen LogP contribution in [0.25, 0.3) is 0 Å². The van der Waals surface area contributed by atoms with Crippen molar-refractivity contribution in [3.05, 3.63) is 42.2 Å². The summed E-state index contributed by atoms with van der Waals surface area (Å²) in [4.78, 5) is 23.4. The van der Waals surface area contributed by atoms with Gasteiger partial charge in [-0.15, -0.1) is 0 Å². The molecule has 7 nitrogen and oxygen atoms in total. The molecule has 0 atom stereocenters. The molecule has 1 fully saturated rings. The van der Waals surface area contributed by atoms with E-state index in [4.69, 9.17) is 5.26 Å². The van der Waals surface area contributed by atoms with Gasteiger partial charge < -0.3 is 20.1 Å². The highest BCUT2D eigenvalue weighted by Crippen LogP contribution is 2.13. The molecule has 0 unspecified atom stereocenters. The third-order valence-electron chi connectivity index (χ3n) is 3.59. The lowest BCUT2D eigenvalue weighted by Gasteiger charge is -2.34. The molecular formula is C15H16N6O. The van der Waals surface area contributed by atoms with Crippen LogP contribution in [-0.2, 0) is 0 Å². The number of anilines is 2. The molecule has 2 aromatic rings. The van der Waals surface area contributed by atoms with Crippen molar-refractivity contribution in [1.29, 1.82) is 5.26 Å². The number of carbonyl (C=O) groups excluding carboxylic acids is 1. The summed E-state index contributed by atoms with van der Waals surface area (Å²) in [5.41, 5.74) is 1.16. The van der Waals surface area contributed by atoms with Crippen LogP contribution in [0.3, 0.4) is 0 Å². The number of benzene rings is 1. The Hall–Kier alpha value is -3.01. The van der Waals surface area contributed by atoms with Crippen LogP contribution in [0.4, 0.5) is 16.4 Å². The number of piperazine rings is 1. The number of hydrogen-bond acceptors (Lipinski definition) is 4. The number of aromatic amines is 1. The second-order valence-electron chi connectivity index (χ2n) is 5.01. The van der Waals surface area contributed by atoms with Crippen molar-refractivity contribution in [1.82, 2.24) is 14.9 Å². The van der Waals surface area contributed by atoms with E-state index in [2.05, 4.69) is 26.3 Å². The van der Waals surface area contributed by atoms with Gasteiger partial charge >= 0.3 is 6.03 Å². The van der Waals surface area contributed by atoms with Crippen LogP contribution in [0, 0.1) is 11.3 Å². The fraction of sp³-hybridized carbons (Fsp3) is 0.267. The molecule has 0 bridgehead atoms. The maximum Gasteiger partial charge on any atom is 0.321 e. The summed E-state index contributed by atoms with van der Waals surface area (Å²) in [5.74, 6) is 0.835. The zero-order valence-corrected chi connectivity index (χ0v) is 12.0. The second-order valence-corrected chi connectivity index (χ2v) is 5.01. The molecule has 0 aliphatic carbocycles. The lowest BCUT2D eigenvalue weighted by molar-refractivity contribution is 0.208. The third kappa shape index (κ3) is 3.01. The Labute approximate surface area is 128 Å². The molecule has 2 N–H and O–H groups in total. The Morgan fingerprint density at radius 3 is 2.82 bits per heavy atom. The molecule has 1 aliphatic heterocycles. The van der Waals surface area contributed by atoms with Crippen molar-refractivity contribution >= 4 is 17.7 Å². The van der Waals surface area contributed by atoms with Gasteiger partial charge in [0, 0.05) is 44.3 Å². The van der Waals surface area contributed by atoms with Crippen LogP contribution in [0.1, 0.15) is 5.56 Å². The lowest BCUT2D eigenvalue weighted by Crippen LogP contribution is -2.50. The SMILES string of the molecule is N#Cc1cccc(NC(=O)N2CCN(c3ncc[nH]3)CC2)c1. The predicted molar refractivity (Wildman–Crippen MR) is 82.5 cm³/mol. The normalized spacial score (nSPS) is 14.5. The smallest absolute Gasteiger partial charge is 0.321 e. The van der Waals surface area contributed by atoms with Crippen molar-refractivity contribution in [3.63, 3.8) is 0 Å². The van der Waals surface area contributed by atoms with E-state index >= 15 is 0 Å². The first-order chi connectivity index (χ1) is 10.8. The van der Waals surface area contributed by atoms with Gasteiger partial charge in [0.25, 0.3) is 0 Å². The van der Waals surface area contributed by atoms with Gasteiger partial charge in [-0.2, -0.15) is 5.26 Å². The van der Waals surface area contributed by atoms with E-state index in [-0.39, 0.29) is 6.03 Å². The molecule has 2 amide bonds. The van der Waals surface area contributed by atoms with Crippen LogP contribution in [0.15, 0.2) is 36.7 Å². The van der Waals surface area contributed by atoms with Gasteiger partial charge in [0.05, 0.1) is 11.6 Å². The highest BCUT2D eigenvalue weighted by molar-refractivity contribution is 5.89. The van der Waals surface area contributed by atoms with Gasteiger partial charge in [-0.1, -0.05) is 6.07 Å². The molecule has 2 heterocycles. The molecule has 0 radical (unpaired) electrons. The Kier molecular flexibility index (Phi) is 3.92. The number of H-pyrrole nitrogens is 1. The molecule has 1 aliphatic rings. The standard InChI is InChI=1S/C15H16N6O/c16-11-12-2-1-3-13(10-12)19-15(22)21-8-6-20(7-9-21)14-17-4-5-18-14/h1-5,10H,6-9H2,(H,17,18)(H,19,22). The van der Waals surface area contributed by atoms with Gasteiger partial charge in [0.1, 0.15) is 0 Å². The zero-order valence-electron chi connectivity index (χ0n) is 12.0. The zero-order chi connectivity index (χ0) is 15.4. The Morgan fingerprint density at radius 2 is 2.14 bits per heavy atom. The van der Waals surface area contributed by atoms with E-state index in [1.807, 2.05) is 0 Å². The van der Waals surface area contributed by atoms with Crippen molar-refractivity contribution < 1.29 is 4.79 Å². The van der Waals surface area contributed by atoms with E-state index in [0.29, 0.717) is 24.3 Å². The van der Waals surface area contributed by atoms with Crippen LogP contribution in [0.5, 0.6) is 0 Å². The minimum Gasteiger partial charge on any atom is -0.339 e. The number of nitriles is 1. The quantitative estimate of drug-likeness (QED) is 0.881. The maximum atomic E-state index is 12.3. The van der Waals surface area contributed by atoms with Gasteiger partial charge in [-0.05, 0) is 18.2 Å². The fourth-order valence-electron chi connectivity index (χ4n) is 2.42. The van der Waals surface area contributed by atoms with Crippen LogP contribution in [-0.4, -0.2) is 47.1 Å². The summed E-state index contributed by atoms with van der Waals surface area (Å²) >= 11 is 0. The summed E-state index contributed by atoms with van der Waals surface area (Å²) < 4.78 is 0. The first-order valence-electron chi connectivity index (χ1n) is 7.07. The number of rotatable bonds is 2. The topological polar surface area (TPSA) is 88.1 Å². The Balaban J connectivity index is 1.57. The minimum absolute atomic E-state index is 0.144. The van der Waals surface area contributed by atoms with Crippen LogP contribution in [0.2, 0.25) is 0 Å². The van der Waals surface area contributed by atoms with E-state index in [1.54, 1.807) is 41.6 Å². The average Bonchev–Trinajstić information content (AvgIpc) is 3.09. The van der Waals surface area contributed by atoms with E-state index in [1.165, 1.54) is 0 Å². The molecule has 22 heavy (non-hydrogen) atoms. The van der Waals surface area contributed by atoms with Gasteiger partial charge in [-0.25, -0.2) is 9.78 Å². The van der Waals surface area contributed by atoms with E-state index in [9.17, 15) is 4.79 Å². The largest absolute Gasteiger partial charge is 0.339 e. The van der Waals surface area contributed by atoms with Gasteiger partial charge in [0.2, 0.25) is 5.95 Å². The summed E-state index contributed by atoms with van der Waals surface area (Å²) in [6.07, 6.45) is 3.51. The first kappa shape index (κ1) is 13.9.